The number of amides is 2. The number of nitrogens with one attached hydrogen (secondary N) is 1. The number of piperidine rings is 1. The van der Waals surface area contributed by atoms with Crippen LogP contribution in [-0.2, 0) is 4.79 Å². The number of hydrogen-bond acceptors (Lipinski definition) is 4. The zero-order valence-electron chi connectivity index (χ0n) is 13.8. The molecule has 1 aromatic heterocycles. The van der Waals surface area contributed by atoms with Crippen molar-refractivity contribution < 1.29 is 9.59 Å². The Morgan fingerprint density at radius 2 is 2.04 bits per heavy atom. The minimum atomic E-state index is -0.227. The van der Waals surface area contributed by atoms with Crippen molar-refractivity contribution in [2.45, 2.75) is 25.8 Å². The summed E-state index contributed by atoms with van der Waals surface area (Å²) >= 11 is 0. The second-order valence-electron chi connectivity index (χ2n) is 6.04. The third-order valence-electron chi connectivity index (χ3n) is 4.25. The van der Waals surface area contributed by atoms with E-state index in [4.69, 9.17) is 0 Å². The van der Waals surface area contributed by atoms with Gasteiger partial charge in [-0.1, -0.05) is 30.3 Å². The highest BCUT2D eigenvalue weighted by atomic mass is 16.2. The summed E-state index contributed by atoms with van der Waals surface area (Å²) in [6, 6.07) is 9.50. The maximum Gasteiger partial charge on any atom is 0.254 e. The molecule has 1 fully saturated rings. The Bertz CT molecular complexity index is 761. The summed E-state index contributed by atoms with van der Waals surface area (Å²) in [6.45, 7) is 2.45. The molecule has 1 aliphatic heterocycles. The van der Waals surface area contributed by atoms with Gasteiger partial charge in [-0.05, 0) is 13.3 Å². The number of benzene rings is 1. The Balaban J connectivity index is 1.73. The minimum absolute atomic E-state index is 0.0546. The quantitative estimate of drug-likeness (QED) is 0.934. The molecule has 2 heterocycles. The Labute approximate surface area is 140 Å². The van der Waals surface area contributed by atoms with Gasteiger partial charge in [0.2, 0.25) is 5.91 Å². The summed E-state index contributed by atoms with van der Waals surface area (Å²) in [6.07, 6.45) is 2.65. The van der Waals surface area contributed by atoms with Crippen LogP contribution in [0.25, 0.3) is 11.4 Å². The topological polar surface area (TPSA) is 75.2 Å². The van der Waals surface area contributed by atoms with Crippen molar-refractivity contribution in [1.29, 1.82) is 0 Å². The molecular weight excluding hydrogens is 304 g/mol. The first-order chi connectivity index (χ1) is 11.5. The van der Waals surface area contributed by atoms with Crippen LogP contribution in [0.2, 0.25) is 0 Å². The number of likely N-dealkylation sites (tertiary alicyclic amines) is 1. The molecule has 124 valence electrons. The summed E-state index contributed by atoms with van der Waals surface area (Å²) in [5.41, 5.74) is 1.98. The van der Waals surface area contributed by atoms with Gasteiger partial charge < -0.3 is 10.2 Å². The summed E-state index contributed by atoms with van der Waals surface area (Å²) in [4.78, 5) is 34.6. The first kappa shape index (κ1) is 16.1. The van der Waals surface area contributed by atoms with E-state index < -0.39 is 0 Å². The van der Waals surface area contributed by atoms with E-state index in [2.05, 4.69) is 15.3 Å². The highest BCUT2D eigenvalue weighted by Crippen LogP contribution is 2.16. The van der Waals surface area contributed by atoms with Gasteiger partial charge in [-0.3, -0.25) is 9.59 Å². The molecule has 24 heavy (non-hydrogen) atoms. The highest BCUT2D eigenvalue weighted by Gasteiger charge is 2.25. The van der Waals surface area contributed by atoms with Gasteiger partial charge >= 0.3 is 0 Å². The number of nitrogens with zero attached hydrogens (tertiary/aromatic N) is 3. The third kappa shape index (κ3) is 3.42. The maximum absolute atomic E-state index is 12.5. The molecule has 1 aliphatic rings. The summed E-state index contributed by atoms with van der Waals surface area (Å²) in [5, 5.41) is 2.92. The van der Waals surface area contributed by atoms with E-state index in [1.54, 1.807) is 25.1 Å². The molecule has 3 rings (SSSR count). The fraction of sp³-hybridized carbons (Fsp3) is 0.333. The normalized spacial score (nSPS) is 17.7. The van der Waals surface area contributed by atoms with Crippen molar-refractivity contribution >= 4 is 11.8 Å². The average molecular weight is 324 g/mol. The lowest BCUT2D eigenvalue weighted by atomic mass is 10.0. The van der Waals surface area contributed by atoms with Crippen molar-refractivity contribution in [2.75, 3.05) is 13.6 Å². The van der Waals surface area contributed by atoms with Gasteiger partial charge in [-0.25, -0.2) is 9.97 Å². The van der Waals surface area contributed by atoms with Crippen molar-refractivity contribution in [3.05, 3.63) is 47.8 Å². The monoisotopic (exact) mass is 324 g/mol. The van der Waals surface area contributed by atoms with Gasteiger partial charge in [-0.2, -0.15) is 0 Å². The van der Waals surface area contributed by atoms with Crippen molar-refractivity contribution in [3.8, 4) is 11.4 Å². The molecule has 1 N–H and O–H groups in total. The van der Waals surface area contributed by atoms with Crippen LogP contribution in [0.5, 0.6) is 0 Å². The van der Waals surface area contributed by atoms with Crippen molar-refractivity contribution in [3.63, 3.8) is 0 Å². The summed E-state index contributed by atoms with van der Waals surface area (Å²) in [5.74, 6) is 0.424. The highest BCUT2D eigenvalue weighted by molar-refractivity contribution is 5.95. The van der Waals surface area contributed by atoms with E-state index >= 15 is 0 Å². The van der Waals surface area contributed by atoms with Crippen molar-refractivity contribution in [1.82, 2.24) is 20.2 Å². The lowest BCUT2D eigenvalue weighted by Crippen LogP contribution is -2.46. The number of hydrogen-bond donors (Lipinski definition) is 1. The molecule has 0 radical (unpaired) electrons. The zero-order chi connectivity index (χ0) is 17.1. The molecule has 1 unspecified atom stereocenters. The first-order valence-corrected chi connectivity index (χ1v) is 7.98. The largest absolute Gasteiger partial charge is 0.349 e. The van der Waals surface area contributed by atoms with E-state index in [1.807, 2.05) is 30.3 Å². The Morgan fingerprint density at radius 1 is 1.29 bits per heavy atom. The average Bonchev–Trinajstić information content (AvgIpc) is 2.59. The molecule has 0 saturated carbocycles. The fourth-order valence-corrected chi connectivity index (χ4v) is 2.75. The standard InChI is InChI=1S/C18H20N4O2/c1-12-15(11-19-17(20-12)13-6-4-3-5-7-13)18(24)21-14-8-9-22(2)16(23)10-14/h3-7,11,14H,8-10H2,1-2H3,(H,21,24). The molecule has 1 atom stereocenters. The van der Waals surface area contributed by atoms with Crippen LogP contribution in [0.4, 0.5) is 0 Å². The number of rotatable bonds is 3. The number of carbonyl (C=O) groups is 2. The molecular formula is C18H20N4O2. The first-order valence-electron chi connectivity index (χ1n) is 7.98. The number of aromatic nitrogens is 2. The Kier molecular flexibility index (Phi) is 4.55. The van der Waals surface area contributed by atoms with E-state index in [9.17, 15) is 9.59 Å². The lowest BCUT2D eigenvalue weighted by molar-refractivity contribution is -0.132. The summed E-state index contributed by atoms with van der Waals surface area (Å²) in [7, 11) is 1.78. The molecule has 6 heteroatoms. The Morgan fingerprint density at radius 3 is 2.71 bits per heavy atom. The second-order valence-corrected chi connectivity index (χ2v) is 6.04. The Hall–Kier alpha value is -2.76. The van der Waals surface area contributed by atoms with Crippen LogP contribution in [0.3, 0.4) is 0 Å². The number of aryl methyl sites for hydroxylation is 1. The van der Waals surface area contributed by atoms with Gasteiger partial charge in [0.05, 0.1) is 11.3 Å². The molecule has 2 amide bonds. The minimum Gasteiger partial charge on any atom is -0.349 e. The molecule has 1 aromatic carbocycles. The van der Waals surface area contributed by atoms with Gasteiger partial charge in [0, 0.05) is 37.8 Å². The van der Waals surface area contributed by atoms with Crippen molar-refractivity contribution in [2.24, 2.45) is 0 Å². The predicted molar refractivity (Wildman–Crippen MR) is 90.3 cm³/mol. The van der Waals surface area contributed by atoms with Crippen LogP contribution < -0.4 is 5.32 Å². The van der Waals surface area contributed by atoms with Gasteiger partial charge in [0.1, 0.15) is 0 Å². The van der Waals surface area contributed by atoms with Crippen LogP contribution in [0.15, 0.2) is 36.5 Å². The van der Waals surface area contributed by atoms with Crippen LogP contribution >= 0.6 is 0 Å². The smallest absolute Gasteiger partial charge is 0.254 e. The second kappa shape index (κ2) is 6.78. The molecule has 0 spiro atoms. The maximum atomic E-state index is 12.5. The van der Waals surface area contributed by atoms with Gasteiger partial charge in [0.15, 0.2) is 5.82 Å². The third-order valence-corrected chi connectivity index (χ3v) is 4.25. The van der Waals surface area contributed by atoms with E-state index in [1.165, 1.54) is 0 Å². The van der Waals surface area contributed by atoms with E-state index in [-0.39, 0.29) is 17.9 Å². The number of carbonyl (C=O) groups excluding carboxylic acids is 2. The SMILES string of the molecule is Cc1nc(-c2ccccc2)ncc1C(=O)NC1CCN(C)C(=O)C1. The fourth-order valence-electron chi connectivity index (χ4n) is 2.75. The summed E-state index contributed by atoms with van der Waals surface area (Å²) < 4.78 is 0. The van der Waals surface area contributed by atoms with Gasteiger partial charge in [-0.15, -0.1) is 0 Å². The molecule has 0 bridgehead atoms. The zero-order valence-corrected chi connectivity index (χ0v) is 13.8. The molecule has 2 aromatic rings. The van der Waals surface area contributed by atoms with Crippen LogP contribution in [0.1, 0.15) is 28.9 Å². The van der Waals surface area contributed by atoms with Crippen LogP contribution in [0, 0.1) is 6.92 Å². The molecule has 1 saturated heterocycles. The van der Waals surface area contributed by atoms with E-state index in [0.717, 1.165) is 12.0 Å². The van der Waals surface area contributed by atoms with Crippen LogP contribution in [-0.4, -0.2) is 46.3 Å². The predicted octanol–water partition coefficient (Wildman–Crippen LogP) is 1.80. The molecule has 6 nitrogen and oxygen atoms in total. The van der Waals surface area contributed by atoms with Gasteiger partial charge in [0.25, 0.3) is 5.91 Å². The van der Waals surface area contributed by atoms with E-state index in [0.29, 0.717) is 30.0 Å². The lowest BCUT2D eigenvalue weighted by Gasteiger charge is -2.29. The molecule has 0 aliphatic carbocycles.